The molecule has 10 nitrogen and oxygen atoms in total. The summed E-state index contributed by atoms with van der Waals surface area (Å²) in [7, 11) is 3.51. The molecule has 4 heterocycles. The lowest BCUT2D eigenvalue weighted by molar-refractivity contribution is -0.137. The number of nitrogens with two attached hydrogens (primary N) is 1. The van der Waals surface area contributed by atoms with Gasteiger partial charge in [-0.15, -0.1) is 11.3 Å². The van der Waals surface area contributed by atoms with Crippen LogP contribution >= 0.6 is 11.3 Å². The maximum atomic E-state index is 17.1. The van der Waals surface area contributed by atoms with Gasteiger partial charge in [0.25, 0.3) is 0 Å². The van der Waals surface area contributed by atoms with Crippen LogP contribution in [0.4, 0.5) is 38.5 Å². The molecule has 2 aromatic heterocycles. The van der Waals surface area contributed by atoms with Crippen molar-refractivity contribution in [3.05, 3.63) is 59.5 Å². The summed E-state index contributed by atoms with van der Waals surface area (Å²) in [4.78, 5) is 30.1. The molecule has 2 saturated heterocycles. The van der Waals surface area contributed by atoms with Crippen molar-refractivity contribution >= 4 is 54.7 Å². The Kier molecular flexibility index (Phi) is 9.35. The van der Waals surface area contributed by atoms with Gasteiger partial charge in [0.1, 0.15) is 23.8 Å². The van der Waals surface area contributed by atoms with Gasteiger partial charge >= 0.3 is 12.2 Å². The van der Waals surface area contributed by atoms with Crippen molar-refractivity contribution in [1.29, 1.82) is 0 Å². The van der Waals surface area contributed by atoms with E-state index in [1.54, 1.807) is 30.8 Å². The first kappa shape index (κ1) is 35.2. The van der Waals surface area contributed by atoms with Crippen LogP contribution in [-0.4, -0.2) is 90.3 Å². The number of hydrogen-bond acceptors (Lipinski definition) is 9. The highest BCUT2D eigenvalue weighted by Gasteiger charge is 2.40. The second-order valence-electron chi connectivity index (χ2n) is 12.6. The smallest absolute Gasteiger partial charge is 0.417 e. The number of hydrogen-bond donors (Lipinski definition) is 1. The van der Waals surface area contributed by atoms with Gasteiger partial charge in [-0.2, -0.15) is 23.1 Å². The van der Waals surface area contributed by atoms with E-state index in [2.05, 4.69) is 21.4 Å². The van der Waals surface area contributed by atoms with Crippen LogP contribution in [0.15, 0.2) is 30.9 Å². The highest BCUT2D eigenvalue weighted by molar-refractivity contribution is 7.23. The molecule has 6 rings (SSSR count). The molecule has 0 saturated carbocycles. The summed E-state index contributed by atoms with van der Waals surface area (Å²) >= 11 is 0.696. The number of carbonyl (C=O) groups excluding carboxylic acids is 1. The Bertz CT molecular complexity index is 2050. The third-order valence-electron chi connectivity index (χ3n) is 9.47. The second kappa shape index (κ2) is 13.3. The molecule has 264 valence electrons. The SMILES string of the molecule is [C-]#[N+]c1c(N)sc2c(F)ccc(-c3c(C(F)(F)F)cc4c(N5CC(C)N(C(=O)C=C)CC5C)nc(OCC5CC(OC)CN5C)nc4c3F)c12. The summed E-state index contributed by atoms with van der Waals surface area (Å²) in [6.45, 7) is 15.8. The number of fused-ring (bicyclic) bond motifs is 2. The zero-order valence-electron chi connectivity index (χ0n) is 27.6. The lowest BCUT2D eigenvalue weighted by atomic mass is 9.93. The number of likely N-dealkylation sites (tertiary alicyclic amines) is 1. The maximum Gasteiger partial charge on any atom is 0.417 e. The number of ether oxygens (including phenoxy) is 2. The molecule has 0 aliphatic carbocycles. The Morgan fingerprint density at radius 3 is 2.58 bits per heavy atom. The largest absolute Gasteiger partial charge is 0.462 e. The summed E-state index contributed by atoms with van der Waals surface area (Å²) in [6.07, 6.45) is -3.30. The number of likely N-dealkylation sites (N-methyl/N-ethyl adjacent to an activating group) is 1. The summed E-state index contributed by atoms with van der Waals surface area (Å²) in [5, 5.41) is -0.569. The van der Waals surface area contributed by atoms with Crippen LogP contribution in [-0.2, 0) is 15.7 Å². The fraction of sp³-hybridized carbons (Fsp3) is 0.412. The van der Waals surface area contributed by atoms with Gasteiger partial charge in [-0.3, -0.25) is 9.69 Å². The summed E-state index contributed by atoms with van der Waals surface area (Å²) in [6, 6.07) is 1.48. The lowest BCUT2D eigenvalue weighted by Gasteiger charge is -2.44. The predicted octanol–water partition coefficient (Wildman–Crippen LogP) is 6.65. The number of benzene rings is 2. The Labute approximate surface area is 288 Å². The van der Waals surface area contributed by atoms with Crippen LogP contribution in [0.25, 0.3) is 37.0 Å². The fourth-order valence-corrected chi connectivity index (χ4v) is 7.80. The number of carbonyl (C=O) groups is 1. The number of halogens is 5. The first-order chi connectivity index (χ1) is 23.7. The molecule has 2 aliphatic rings. The molecule has 2 aromatic carbocycles. The average Bonchev–Trinajstić information content (AvgIpc) is 3.62. The Hall–Kier alpha value is -4.59. The molecule has 4 aromatic rings. The van der Waals surface area contributed by atoms with Gasteiger partial charge in [0.15, 0.2) is 5.82 Å². The van der Waals surface area contributed by atoms with E-state index >= 15 is 17.6 Å². The van der Waals surface area contributed by atoms with Crippen molar-refractivity contribution in [2.24, 2.45) is 0 Å². The summed E-state index contributed by atoms with van der Waals surface area (Å²) in [5.41, 5.74) is 2.60. The summed E-state index contributed by atoms with van der Waals surface area (Å²) < 4.78 is 88.3. The van der Waals surface area contributed by atoms with Crippen LogP contribution in [0, 0.1) is 18.2 Å². The number of nitrogens with zero attached hydrogens (tertiary/aromatic N) is 6. The molecular formula is C34H34F5N7O3S. The Morgan fingerprint density at radius 1 is 1.20 bits per heavy atom. The number of amides is 1. The summed E-state index contributed by atoms with van der Waals surface area (Å²) in [5.74, 6) is -2.47. The van der Waals surface area contributed by atoms with Crippen molar-refractivity contribution < 1.29 is 36.2 Å². The second-order valence-corrected chi connectivity index (χ2v) is 13.7. The zero-order valence-corrected chi connectivity index (χ0v) is 28.5. The van der Waals surface area contributed by atoms with Crippen molar-refractivity contribution in [2.45, 2.75) is 50.7 Å². The molecule has 4 atom stereocenters. The molecule has 4 unspecified atom stereocenters. The zero-order chi connectivity index (χ0) is 36.2. The minimum absolute atomic E-state index is 0.00794. The molecule has 50 heavy (non-hydrogen) atoms. The normalized spacial score (nSPS) is 21.6. The minimum Gasteiger partial charge on any atom is -0.462 e. The van der Waals surface area contributed by atoms with E-state index in [-0.39, 0.29) is 81.3 Å². The molecule has 2 aliphatic heterocycles. The monoisotopic (exact) mass is 715 g/mol. The topological polar surface area (TPSA) is 101 Å². The van der Waals surface area contributed by atoms with Gasteiger partial charge in [0.05, 0.1) is 27.9 Å². The van der Waals surface area contributed by atoms with Gasteiger partial charge < -0.3 is 25.0 Å². The van der Waals surface area contributed by atoms with E-state index in [4.69, 9.17) is 21.8 Å². The van der Waals surface area contributed by atoms with E-state index in [0.717, 1.165) is 18.2 Å². The van der Waals surface area contributed by atoms with E-state index in [1.165, 1.54) is 6.08 Å². The number of methoxy groups -OCH3 is 1. The van der Waals surface area contributed by atoms with Gasteiger partial charge in [-0.25, -0.2) is 13.6 Å². The molecule has 16 heteroatoms. The first-order valence-corrected chi connectivity index (χ1v) is 16.5. The number of rotatable bonds is 7. The van der Waals surface area contributed by atoms with Gasteiger partial charge in [-0.1, -0.05) is 12.6 Å². The van der Waals surface area contributed by atoms with Crippen LogP contribution < -0.4 is 15.4 Å². The molecule has 2 fully saturated rings. The van der Waals surface area contributed by atoms with Crippen LogP contribution in [0.2, 0.25) is 0 Å². The number of anilines is 2. The highest BCUT2D eigenvalue weighted by atomic mass is 32.1. The van der Waals surface area contributed by atoms with Crippen molar-refractivity contribution in [3.63, 3.8) is 0 Å². The molecule has 0 bridgehead atoms. The van der Waals surface area contributed by atoms with Crippen LogP contribution in [0.3, 0.4) is 0 Å². The Balaban J connectivity index is 1.59. The lowest BCUT2D eigenvalue weighted by Crippen LogP contribution is -2.58. The molecule has 0 spiro atoms. The quantitative estimate of drug-likeness (QED) is 0.129. The van der Waals surface area contributed by atoms with Crippen molar-refractivity contribution in [3.8, 4) is 17.1 Å². The fourth-order valence-electron chi connectivity index (χ4n) is 6.87. The number of alkyl halides is 3. The maximum absolute atomic E-state index is 17.1. The number of nitrogen functional groups attached to an aromatic ring is 1. The molecule has 0 radical (unpaired) electrons. The van der Waals surface area contributed by atoms with E-state index in [9.17, 15) is 9.18 Å². The standard InChI is InChI=1S/C34H34F5N7O3S/c1-7-24(47)45-12-17(3)46(13-16(45)2)32-21-11-22(34(37,38)39)25(20-8-9-23(35)30-26(20)29(41-4)31(40)50-30)27(36)28(21)42-33(43-32)49-15-18-10-19(48-6)14-44(18)5/h7-9,11,16-19H,1,10,12-15,40H2,2-3,5-6H3. The molecule has 1 amide bonds. The molecular weight excluding hydrogens is 681 g/mol. The van der Waals surface area contributed by atoms with Gasteiger partial charge in [0.2, 0.25) is 11.6 Å². The van der Waals surface area contributed by atoms with Gasteiger partial charge in [0, 0.05) is 61.2 Å². The van der Waals surface area contributed by atoms with Crippen LogP contribution in [0.1, 0.15) is 25.8 Å². The number of thiophene rings is 1. The number of aromatic nitrogens is 2. The van der Waals surface area contributed by atoms with E-state index in [0.29, 0.717) is 24.3 Å². The van der Waals surface area contributed by atoms with E-state index < -0.39 is 46.5 Å². The van der Waals surface area contributed by atoms with Crippen LogP contribution in [0.5, 0.6) is 6.01 Å². The average molecular weight is 716 g/mol. The molecule has 2 N–H and O–H groups in total. The third-order valence-corrected chi connectivity index (χ3v) is 10.5. The predicted molar refractivity (Wildman–Crippen MR) is 181 cm³/mol. The van der Waals surface area contributed by atoms with Crippen molar-refractivity contribution in [1.82, 2.24) is 19.8 Å². The third kappa shape index (κ3) is 6.07. The minimum atomic E-state index is -5.10. The highest BCUT2D eigenvalue weighted by Crippen LogP contribution is 2.50. The Morgan fingerprint density at radius 2 is 1.94 bits per heavy atom. The van der Waals surface area contributed by atoms with Crippen molar-refractivity contribution in [2.75, 3.05) is 51.0 Å². The van der Waals surface area contributed by atoms with E-state index in [1.807, 2.05) is 11.9 Å². The van der Waals surface area contributed by atoms with Gasteiger partial charge in [-0.05, 0) is 51.1 Å². The first-order valence-electron chi connectivity index (χ1n) is 15.7. The number of piperazine rings is 1.